The van der Waals surface area contributed by atoms with E-state index in [9.17, 15) is 0 Å². The number of aromatic nitrogens is 2. The molecule has 0 aromatic carbocycles. The van der Waals surface area contributed by atoms with Gasteiger partial charge in [0.05, 0.1) is 12.4 Å². The van der Waals surface area contributed by atoms with E-state index in [2.05, 4.69) is 41.4 Å². The van der Waals surface area contributed by atoms with Crippen LogP contribution in [0.25, 0.3) is 0 Å². The van der Waals surface area contributed by atoms with Crippen LogP contribution in [-0.4, -0.2) is 22.6 Å². The van der Waals surface area contributed by atoms with Crippen LogP contribution in [0.15, 0.2) is 12.4 Å². The highest BCUT2D eigenvalue weighted by Crippen LogP contribution is 2.31. The van der Waals surface area contributed by atoms with Crippen LogP contribution in [0.2, 0.25) is 0 Å². The van der Waals surface area contributed by atoms with E-state index in [1.165, 1.54) is 19.3 Å². The third kappa shape index (κ3) is 3.12. The molecule has 1 saturated carbocycles. The van der Waals surface area contributed by atoms with Crippen molar-refractivity contribution in [2.45, 2.75) is 46.1 Å². The average molecular weight is 248 g/mol. The Morgan fingerprint density at radius 2 is 2.00 bits per heavy atom. The first-order valence-corrected chi connectivity index (χ1v) is 7.03. The molecule has 4 nitrogen and oxygen atoms in total. The third-order valence-corrected chi connectivity index (χ3v) is 4.03. The molecule has 1 aliphatic carbocycles. The van der Waals surface area contributed by atoms with Crippen LogP contribution in [0.1, 0.15) is 40.0 Å². The minimum atomic E-state index is 0.528. The normalized spacial score (nSPS) is 27.8. The van der Waals surface area contributed by atoms with E-state index in [0.29, 0.717) is 12.0 Å². The Hall–Kier alpha value is -1.32. The van der Waals surface area contributed by atoms with Crippen LogP contribution in [0.5, 0.6) is 0 Å². The molecular weight excluding hydrogens is 224 g/mol. The molecule has 3 unspecified atom stereocenters. The fourth-order valence-electron chi connectivity index (χ4n) is 2.68. The van der Waals surface area contributed by atoms with Gasteiger partial charge in [0.25, 0.3) is 0 Å². The molecule has 0 aliphatic heterocycles. The summed E-state index contributed by atoms with van der Waals surface area (Å²) in [5.41, 5.74) is 0. The fraction of sp³-hybridized carbons (Fsp3) is 0.714. The molecule has 1 heterocycles. The quantitative estimate of drug-likeness (QED) is 0.859. The van der Waals surface area contributed by atoms with Crippen LogP contribution in [-0.2, 0) is 0 Å². The molecule has 0 spiro atoms. The molecule has 4 heteroatoms. The minimum absolute atomic E-state index is 0.528. The summed E-state index contributed by atoms with van der Waals surface area (Å²) >= 11 is 0. The summed E-state index contributed by atoms with van der Waals surface area (Å²) < 4.78 is 0. The Morgan fingerprint density at radius 3 is 2.78 bits per heavy atom. The van der Waals surface area contributed by atoms with Gasteiger partial charge in [-0.25, -0.2) is 4.98 Å². The standard InChI is InChI=1S/C14H24N4/c1-4-16-13-8-15-9-14(18-13)17-12-7-5-6-10(2)11(12)3/h8-12H,4-7H2,1-3H3,(H2,16,17,18). The van der Waals surface area contributed by atoms with Gasteiger partial charge < -0.3 is 10.6 Å². The average Bonchev–Trinajstić information content (AvgIpc) is 2.36. The monoisotopic (exact) mass is 248 g/mol. The molecular formula is C14H24N4. The van der Waals surface area contributed by atoms with Gasteiger partial charge in [-0.1, -0.05) is 26.7 Å². The lowest BCUT2D eigenvalue weighted by atomic mass is 9.78. The van der Waals surface area contributed by atoms with Gasteiger partial charge >= 0.3 is 0 Å². The van der Waals surface area contributed by atoms with Crippen molar-refractivity contribution in [3.05, 3.63) is 12.4 Å². The van der Waals surface area contributed by atoms with Crippen molar-refractivity contribution in [3.63, 3.8) is 0 Å². The predicted molar refractivity (Wildman–Crippen MR) is 75.8 cm³/mol. The number of nitrogens with one attached hydrogen (secondary N) is 2. The van der Waals surface area contributed by atoms with Gasteiger partial charge in [0.2, 0.25) is 0 Å². The topological polar surface area (TPSA) is 49.8 Å². The van der Waals surface area contributed by atoms with Crippen LogP contribution < -0.4 is 10.6 Å². The number of rotatable bonds is 4. The summed E-state index contributed by atoms with van der Waals surface area (Å²) in [6.45, 7) is 7.62. The molecule has 0 radical (unpaired) electrons. The molecule has 100 valence electrons. The van der Waals surface area contributed by atoms with Gasteiger partial charge in [0.15, 0.2) is 0 Å². The smallest absolute Gasteiger partial charge is 0.147 e. The second-order valence-corrected chi connectivity index (χ2v) is 5.34. The summed E-state index contributed by atoms with van der Waals surface area (Å²) in [5, 5.41) is 6.74. The molecule has 0 amide bonds. The fourth-order valence-corrected chi connectivity index (χ4v) is 2.68. The van der Waals surface area contributed by atoms with Crippen LogP contribution in [0.3, 0.4) is 0 Å². The van der Waals surface area contributed by atoms with Gasteiger partial charge in [0, 0.05) is 12.6 Å². The molecule has 2 rings (SSSR count). The Morgan fingerprint density at radius 1 is 1.22 bits per heavy atom. The molecule has 3 atom stereocenters. The third-order valence-electron chi connectivity index (χ3n) is 4.03. The molecule has 0 bridgehead atoms. The lowest BCUT2D eigenvalue weighted by Gasteiger charge is -2.34. The predicted octanol–water partition coefficient (Wildman–Crippen LogP) is 3.15. The van der Waals surface area contributed by atoms with E-state index in [1.807, 2.05) is 6.20 Å². The summed E-state index contributed by atoms with van der Waals surface area (Å²) in [6, 6.07) is 0.528. The van der Waals surface area contributed by atoms with Crippen molar-refractivity contribution in [1.82, 2.24) is 9.97 Å². The first-order valence-electron chi connectivity index (χ1n) is 7.03. The highest BCUT2D eigenvalue weighted by Gasteiger charge is 2.27. The SMILES string of the molecule is CCNc1cncc(NC2CCCC(C)C2C)n1. The zero-order valence-electron chi connectivity index (χ0n) is 11.6. The van der Waals surface area contributed by atoms with Crippen molar-refractivity contribution in [3.8, 4) is 0 Å². The Bertz CT molecular complexity index is 380. The van der Waals surface area contributed by atoms with Gasteiger partial charge in [-0.2, -0.15) is 0 Å². The Balaban J connectivity index is 2.01. The Kier molecular flexibility index (Phi) is 4.39. The minimum Gasteiger partial charge on any atom is -0.369 e. The zero-order valence-corrected chi connectivity index (χ0v) is 11.6. The summed E-state index contributed by atoms with van der Waals surface area (Å²) in [7, 11) is 0. The number of anilines is 2. The van der Waals surface area contributed by atoms with Gasteiger partial charge in [-0.3, -0.25) is 4.98 Å². The number of hydrogen-bond acceptors (Lipinski definition) is 4. The summed E-state index contributed by atoms with van der Waals surface area (Å²) in [4.78, 5) is 8.76. The second kappa shape index (κ2) is 6.03. The zero-order chi connectivity index (χ0) is 13.0. The van der Waals surface area contributed by atoms with E-state index in [4.69, 9.17) is 0 Å². The van der Waals surface area contributed by atoms with Crippen molar-refractivity contribution >= 4 is 11.6 Å². The van der Waals surface area contributed by atoms with Gasteiger partial charge in [-0.05, 0) is 25.2 Å². The highest BCUT2D eigenvalue weighted by atomic mass is 15.1. The molecule has 2 N–H and O–H groups in total. The Labute approximate surface area is 110 Å². The maximum Gasteiger partial charge on any atom is 0.147 e. The van der Waals surface area contributed by atoms with Crippen LogP contribution >= 0.6 is 0 Å². The largest absolute Gasteiger partial charge is 0.369 e. The molecule has 18 heavy (non-hydrogen) atoms. The van der Waals surface area contributed by atoms with Gasteiger partial charge in [0.1, 0.15) is 11.6 Å². The van der Waals surface area contributed by atoms with Crippen molar-refractivity contribution < 1.29 is 0 Å². The summed E-state index contributed by atoms with van der Waals surface area (Å²) in [6.07, 6.45) is 7.47. The maximum absolute atomic E-state index is 4.53. The highest BCUT2D eigenvalue weighted by molar-refractivity contribution is 5.42. The molecule has 1 aromatic heterocycles. The second-order valence-electron chi connectivity index (χ2n) is 5.34. The van der Waals surface area contributed by atoms with Gasteiger partial charge in [-0.15, -0.1) is 0 Å². The van der Waals surface area contributed by atoms with E-state index in [-0.39, 0.29) is 0 Å². The number of hydrogen-bond donors (Lipinski definition) is 2. The lowest BCUT2D eigenvalue weighted by Crippen LogP contribution is -2.35. The van der Waals surface area contributed by atoms with E-state index < -0.39 is 0 Å². The number of nitrogens with zero attached hydrogens (tertiary/aromatic N) is 2. The van der Waals surface area contributed by atoms with E-state index in [1.54, 1.807) is 6.20 Å². The summed E-state index contributed by atoms with van der Waals surface area (Å²) in [5.74, 6) is 3.22. The van der Waals surface area contributed by atoms with Crippen molar-refractivity contribution in [2.24, 2.45) is 11.8 Å². The van der Waals surface area contributed by atoms with E-state index in [0.717, 1.165) is 24.1 Å². The maximum atomic E-state index is 4.53. The van der Waals surface area contributed by atoms with Crippen LogP contribution in [0.4, 0.5) is 11.6 Å². The molecule has 1 fully saturated rings. The molecule has 0 saturated heterocycles. The molecule has 1 aliphatic rings. The van der Waals surface area contributed by atoms with E-state index >= 15 is 0 Å². The first-order chi connectivity index (χ1) is 8.70. The van der Waals surface area contributed by atoms with Crippen LogP contribution in [0, 0.1) is 11.8 Å². The first kappa shape index (κ1) is 13.1. The van der Waals surface area contributed by atoms with Crippen molar-refractivity contribution in [2.75, 3.05) is 17.2 Å². The van der Waals surface area contributed by atoms with Crippen molar-refractivity contribution in [1.29, 1.82) is 0 Å². The lowest BCUT2D eigenvalue weighted by molar-refractivity contribution is 0.253. The molecule has 1 aromatic rings.